The Labute approximate surface area is 177 Å². The highest BCUT2D eigenvalue weighted by Gasteiger charge is 2.62. The van der Waals surface area contributed by atoms with Crippen LogP contribution in [-0.4, -0.2) is 10.9 Å². The predicted octanol–water partition coefficient (Wildman–Crippen LogP) is 7.10. The molecule has 0 aromatic carbocycles. The van der Waals surface area contributed by atoms with Gasteiger partial charge in [0.2, 0.25) is 0 Å². The molecular weight excluding hydrogens is 356 g/mol. The van der Waals surface area contributed by atoms with Crippen molar-refractivity contribution in [3.63, 3.8) is 0 Å². The van der Waals surface area contributed by atoms with E-state index in [0.717, 1.165) is 25.7 Å². The number of Topliss-reactive ketones (excluding diaryl/α,β-unsaturated/α-hetero) is 1. The van der Waals surface area contributed by atoms with Gasteiger partial charge in [-0.15, -0.1) is 25.5 Å². The summed E-state index contributed by atoms with van der Waals surface area (Å²) in [7, 11) is 0. The highest BCUT2D eigenvalue weighted by atomic mass is 16.3. The molecule has 158 valence electrons. The molecular formula is C27H38O2. The van der Waals surface area contributed by atoms with Crippen LogP contribution in [0.25, 0.3) is 0 Å². The van der Waals surface area contributed by atoms with Crippen molar-refractivity contribution in [2.24, 2.45) is 22.2 Å². The van der Waals surface area contributed by atoms with Crippen LogP contribution in [0.4, 0.5) is 0 Å². The van der Waals surface area contributed by atoms with Gasteiger partial charge in [0.25, 0.3) is 0 Å². The number of ketones is 1. The standard InChI is InChI=1S/C27H38O2/c1-8-11-12-23(28)22-18-26(15-9-2)17-21(14-13-20(4)5)25(6,7)27(19-26,16-10-3)24(22)29/h1,9-10,13,21,29H,2-3,11-12,14-19H2,4-7H3/t21-,26-,27-/m1/s1. The van der Waals surface area contributed by atoms with Gasteiger partial charge in [0.05, 0.1) is 0 Å². The third-order valence-corrected chi connectivity index (χ3v) is 7.61. The van der Waals surface area contributed by atoms with Crippen LogP contribution in [0.3, 0.4) is 0 Å². The molecule has 0 radical (unpaired) electrons. The van der Waals surface area contributed by atoms with Crippen molar-refractivity contribution >= 4 is 5.78 Å². The van der Waals surface area contributed by atoms with Gasteiger partial charge in [0.1, 0.15) is 5.76 Å². The minimum absolute atomic E-state index is 0.000531. The number of carbonyl (C=O) groups is 1. The summed E-state index contributed by atoms with van der Waals surface area (Å²) in [6.45, 7) is 16.8. The zero-order valence-electron chi connectivity index (χ0n) is 18.8. The normalized spacial score (nSPS) is 30.2. The lowest BCUT2D eigenvalue weighted by atomic mass is 9.41. The molecule has 0 aliphatic heterocycles. The molecule has 0 saturated heterocycles. The Morgan fingerprint density at radius 3 is 2.48 bits per heavy atom. The van der Waals surface area contributed by atoms with Gasteiger partial charge in [0.15, 0.2) is 5.78 Å². The first-order valence-corrected chi connectivity index (χ1v) is 10.8. The average Bonchev–Trinajstić information content (AvgIpc) is 2.65. The smallest absolute Gasteiger partial charge is 0.163 e. The first kappa shape index (κ1) is 23.3. The van der Waals surface area contributed by atoms with Crippen LogP contribution < -0.4 is 0 Å². The molecule has 2 aliphatic carbocycles. The van der Waals surface area contributed by atoms with Crippen LogP contribution in [0, 0.1) is 34.5 Å². The highest BCUT2D eigenvalue weighted by Crippen LogP contribution is 2.69. The minimum Gasteiger partial charge on any atom is -0.511 e. The van der Waals surface area contributed by atoms with Gasteiger partial charge in [-0.3, -0.25) is 4.79 Å². The molecule has 3 atom stereocenters. The van der Waals surface area contributed by atoms with E-state index in [-0.39, 0.29) is 16.6 Å². The molecule has 0 heterocycles. The summed E-state index contributed by atoms with van der Waals surface area (Å²) in [5.74, 6) is 3.27. The number of terminal acetylenes is 1. The van der Waals surface area contributed by atoms with E-state index in [0.29, 0.717) is 42.9 Å². The van der Waals surface area contributed by atoms with Gasteiger partial charge in [0, 0.05) is 23.8 Å². The zero-order valence-corrected chi connectivity index (χ0v) is 18.8. The maximum Gasteiger partial charge on any atom is 0.163 e. The molecule has 2 aliphatic rings. The number of rotatable bonds is 9. The average molecular weight is 395 g/mol. The van der Waals surface area contributed by atoms with Crippen LogP contribution in [0.1, 0.15) is 79.1 Å². The Hall–Kier alpha value is -2.01. The zero-order chi connectivity index (χ0) is 21.9. The number of hydrogen-bond acceptors (Lipinski definition) is 2. The fourth-order valence-corrected chi connectivity index (χ4v) is 5.92. The molecule has 2 nitrogen and oxygen atoms in total. The third kappa shape index (κ3) is 4.16. The van der Waals surface area contributed by atoms with Crippen molar-refractivity contribution in [1.29, 1.82) is 0 Å². The van der Waals surface area contributed by atoms with E-state index in [1.165, 1.54) is 5.57 Å². The molecule has 0 aromatic rings. The molecule has 0 amide bonds. The molecule has 1 fully saturated rings. The molecule has 1 N–H and O–H groups in total. The molecule has 0 aromatic heterocycles. The molecule has 29 heavy (non-hydrogen) atoms. The van der Waals surface area contributed by atoms with Crippen molar-refractivity contribution in [1.82, 2.24) is 0 Å². The molecule has 2 heteroatoms. The molecule has 0 unspecified atom stereocenters. The Balaban J connectivity index is 2.67. The Bertz CT molecular complexity index is 769. The second-order valence-electron chi connectivity index (χ2n) is 10.0. The summed E-state index contributed by atoms with van der Waals surface area (Å²) in [6.07, 6.45) is 17.3. The quantitative estimate of drug-likeness (QED) is 0.334. The van der Waals surface area contributed by atoms with Crippen LogP contribution in [0.15, 0.2) is 48.3 Å². The van der Waals surface area contributed by atoms with Crippen LogP contribution in [0.2, 0.25) is 0 Å². The lowest BCUT2D eigenvalue weighted by molar-refractivity contribution is -0.124. The van der Waals surface area contributed by atoms with Crippen molar-refractivity contribution < 1.29 is 9.90 Å². The first-order valence-electron chi connectivity index (χ1n) is 10.8. The van der Waals surface area contributed by atoms with E-state index in [1.54, 1.807) is 0 Å². The second-order valence-corrected chi connectivity index (χ2v) is 10.0. The summed E-state index contributed by atoms with van der Waals surface area (Å²) >= 11 is 0. The van der Waals surface area contributed by atoms with E-state index >= 15 is 0 Å². The van der Waals surface area contributed by atoms with Gasteiger partial charge in [-0.05, 0) is 69.1 Å². The molecule has 2 bridgehead atoms. The van der Waals surface area contributed by atoms with Gasteiger partial charge >= 0.3 is 0 Å². The number of aliphatic hydroxyl groups is 1. The Kier molecular flexibility index (Phi) is 7.05. The van der Waals surface area contributed by atoms with Crippen molar-refractivity contribution in [3.05, 3.63) is 48.3 Å². The highest BCUT2D eigenvalue weighted by molar-refractivity contribution is 5.96. The second kappa shape index (κ2) is 8.78. The molecule has 0 spiro atoms. The van der Waals surface area contributed by atoms with E-state index in [1.807, 2.05) is 12.2 Å². The molecule has 2 rings (SSSR count). The topological polar surface area (TPSA) is 37.3 Å². The fraction of sp³-hybridized carbons (Fsp3) is 0.593. The van der Waals surface area contributed by atoms with Crippen LogP contribution in [0.5, 0.6) is 0 Å². The van der Waals surface area contributed by atoms with Crippen LogP contribution >= 0.6 is 0 Å². The Morgan fingerprint density at radius 1 is 1.28 bits per heavy atom. The van der Waals surface area contributed by atoms with Gasteiger partial charge in [-0.1, -0.05) is 37.6 Å². The Morgan fingerprint density at radius 2 is 1.93 bits per heavy atom. The monoisotopic (exact) mass is 394 g/mol. The van der Waals surface area contributed by atoms with Crippen molar-refractivity contribution in [2.75, 3.05) is 0 Å². The van der Waals surface area contributed by atoms with Gasteiger partial charge in [-0.2, -0.15) is 0 Å². The van der Waals surface area contributed by atoms with Gasteiger partial charge < -0.3 is 5.11 Å². The maximum atomic E-state index is 13.0. The molecule has 1 saturated carbocycles. The van der Waals surface area contributed by atoms with Crippen molar-refractivity contribution in [2.45, 2.75) is 79.1 Å². The summed E-state index contributed by atoms with van der Waals surface area (Å²) in [5, 5.41) is 11.6. The third-order valence-electron chi connectivity index (χ3n) is 7.61. The van der Waals surface area contributed by atoms with E-state index in [2.05, 4.69) is 52.8 Å². The predicted molar refractivity (Wildman–Crippen MR) is 122 cm³/mol. The van der Waals surface area contributed by atoms with E-state index in [4.69, 9.17) is 6.42 Å². The van der Waals surface area contributed by atoms with E-state index in [9.17, 15) is 9.90 Å². The van der Waals surface area contributed by atoms with E-state index < -0.39 is 5.41 Å². The van der Waals surface area contributed by atoms with Crippen LogP contribution in [-0.2, 0) is 4.79 Å². The minimum atomic E-state index is -0.477. The number of fused-ring (bicyclic) bond motifs is 2. The maximum absolute atomic E-state index is 13.0. The summed E-state index contributed by atoms with van der Waals surface area (Å²) in [6, 6.07) is 0. The SMILES string of the molecule is C#CCCC(=O)C1=C(O)[C@@]2(CC=C)C[C@@](CC=C)(C1)C[C@@H](CC=C(C)C)C2(C)C. The number of allylic oxidation sites excluding steroid dienone is 6. The largest absolute Gasteiger partial charge is 0.511 e. The first-order chi connectivity index (χ1) is 13.6. The lowest BCUT2D eigenvalue weighted by Gasteiger charge is -2.63. The van der Waals surface area contributed by atoms with Crippen molar-refractivity contribution in [3.8, 4) is 12.3 Å². The number of aliphatic hydroxyl groups excluding tert-OH is 1. The summed E-state index contributed by atoms with van der Waals surface area (Å²) in [4.78, 5) is 13.0. The lowest BCUT2D eigenvalue weighted by Crippen LogP contribution is -2.56. The fourth-order valence-electron chi connectivity index (χ4n) is 5.92. The van der Waals surface area contributed by atoms with Gasteiger partial charge in [-0.25, -0.2) is 0 Å². The number of carbonyl (C=O) groups excluding carboxylic acids is 1. The summed E-state index contributed by atoms with van der Waals surface area (Å²) in [5.41, 5.74) is 1.23. The summed E-state index contributed by atoms with van der Waals surface area (Å²) < 4.78 is 0. The number of hydrogen-bond donors (Lipinski definition) is 1.